The number of nitrogens with zero attached hydrogens (tertiary/aromatic N) is 1. The molecule has 3 aliphatic rings. The first-order chi connectivity index (χ1) is 11.8. The average Bonchev–Trinajstić information content (AvgIpc) is 3.00. The van der Waals surface area contributed by atoms with E-state index in [-0.39, 0.29) is 5.91 Å². The molecule has 128 valence electrons. The first kappa shape index (κ1) is 15.7. The van der Waals surface area contributed by atoms with Gasteiger partial charge in [-0.25, -0.2) is 0 Å². The molecule has 0 spiro atoms. The Balaban J connectivity index is 1.49. The molecule has 0 radical (unpaired) electrons. The van der Waals surface area contributed by atoms with Gasteiger partial charge in [-0.15, -0.1) is 0 Å². The van der Waals surface area contributed by atoms with Crippen molar-refractivity contribution in [1.29, 1.82) is 0 Å². The van der Waals surface area contributed by atoms with E-state index in [2.05, 4.69) is 35.0 Å². The van der Waals surface area contributed by atoms with Gasteiger partial charge in [0.25, 0.3) is 5.91 Å². The van der Waals surface area contributed by atoms with E-state index in [1.54, 1.807) is 0 Å². The Labute approximate surface area is 144 Å². The lowest BCUT2D eigenvalue weighted by atomic mass is 9.65. The van der Waals surface area contributed by atoms with Crippen LogP contribution < -0.4 is 5.32 Å². The second kappa shape index (κ2) is 6.62. The van der Waals surface area contributed by atoms with Crippen LogP contribution in [0, 0.1) is 17.8 Å². The van der Waals surface area contributed by atoms with E-state index >= 15 is 0 Å². The Morgan fingerprint density at radius 2 is 2.00 bits per heavy atom. The predicted molar refractivity (Wildman–Crippen MR) is 98.1 cm³/mol. The molecule has 1 aromatic carbocycles. The standard InChI is InChI=1S/C21H28N2O/c1-2-11-23-14-19(18-5-3-4-6-20(18)23)21(24)22-13-17-12-15-7-9-16(17)10-8-15/h3-6,14-17H,2,7-13H2,1H3,(H,22,24). The third-order valence-corrected chi connectivity index (χ3v) is 6.22. The van der Waals surface area contributed by atoms with Crippen molar-refractivity contribution in [1.82, 2.24) is 9.88 Å². The summed E-state index contributed by atoms with van der Waals surface area (Å²) in [5.41, 5.74) is 2.00. The molecule has 3 fully saturated rings. The maximum absolute atomic E-state index is 12.8. The van der Waals surface area contributed by atoms with Crippen LogP contribution in [-0.2, 0) is 6.54 Å². The van der Waals surface area contributed by atoms with Crippen LogP contribution in [0.15, 0.2) is 30.5 Å². The van der Waals surface area contributed by atoms with Gasteiger partial charge >= 0.3 is 0 Å². The summed E-state index contributed by atoms with van der Waals surface area (Å²) in [4.78, 5) is 12.8. The Morgan fingerprint density at radius 1 is 1.21 bits per heavy atom. The monoisotopic (exact) mass is 324 g/mol. The normalized spacial score (nSPS) is 26.0. The molecule has 24 heavy (non-hydrogen) atoms. The number of hydrogen-bond donors (Lipinski definition) is 1. The fourth-order valence-electron chi connectivity index (χ4n) is 4.94. The molecule has 0 aliphatic heterocycles. The van der Waals surface area contributed by atoms with Crippen LogP contribution in [0.3, 0.4) is 0 Å². The SMILES string of the molecule is CCCn1cc(C(=O)NCC2CC3CCC2CC3)c2ccccc21. The Bertz CT molecular complexity index is 725. The Morgan fingerprint density at radius 3 is 2.71 bits per heavy atom. The van der Waals surface area contributed by atoms with E-state index < -0.39 is 0 Å². The van der Waals surface area contributed by atoms with Gasteiger partial charge < -0.3 is 9.88 Å². The van der Waals surface area contributed by atoms with E-state index in [1.165, 1.54) is 37.6 Å². The molecule has 3 heteroatoms. The number of hydrogen-bond acceptors (Lipinski definition) is 1. The zero-order valence-electron chi connectivity index (χ0n) is 14.6. The van der Waals surface area contributed by atoms with Gasteiger partial charge in [0.05, 0.1) is 5.56 Å². The van der Waals surface area contributed by atoms with Crippen molar-refractivity contribution in [2.75, 3.05) is 6.54 Å². The highest BCUT2D eigenvalue weighted by Gasteiger charge is 2.35. The molecule has 3 nitrogen and oxygen atoms in total. The smallest absolute Gasteiger partial charge is 0.253 e. The van der Waals surface area contributed by atoms with Gasteiger partial charge in [0.15, 0.2) is 0 Å². The topological polar surface area (TPSA) is 34.0 Å². The minimum Gasteiger partial charge on any atom is -0.352 e. The summed E-state index contributed by atoms with van der Waals surface area (Å²) in [6, 6.07) is 8.26. The van der Waals surface area contributed by atoms with E-state index in [4.69, 9.17) is 0 Å². The van der Waals surface area contributed by atoms with E-state index in [1.807, 2.05) is 12.3 Å². The van der Waals surface area contributed by atoms with E-state index in [0.29, 0.717) is 5.92 Å². The lowest BCUT2D eigenvalue weighted by Crippen LogP contribution is -2.39. The summed E-state index contributed by atoms with van der Waals surface area (Å²) in [6.45, 7) is 3.99. The predicted octanol–water partition coefficient (Wildman–Crippen LogP) is 4.61. The zero-order valence-corrected chi connectivity index (χ0v) is 14.6. The number of aryl methyl sites for hydroxylation is 1. The zero-order chi connectivity index (χ0) is 16.5. The molecular formula is C21H28N2O. The van der Waals surface area contributed by atoms with Crippen LogP contribution in [0.4, 0.5) is 0 Å². The molecule has 3 saturated carbocycles. The van der Waals surface area contributed by atoms with Gasteiger partial charge in [-0.3, -0.25) is 4.79 Å². The molecule has 1 heterocycles. The number of fused-ring (bicyclic) bond motifs is 4. The van der Waals surface area contributed by atoms with Gasteiger partial charge in [-0.1, -0.05) is 38.0 Å². The second-order valence-corrected chi connectivity index (χ2v) is 7.74. The summed E-state index contributed by atoms with van der Waals surface area (Å²) < 4.78 is 2.22. The number of carbonyl (C=O) groups is 1. The van der Waals surface area contributed by atoms with Crippen molar-refractivity contribution in [3.63, 3.8) is 0 Å². The average molecular weight is 324 g/mol. The molecule has 2 aromatic rings. The number of aromatic nitrogens is 1. The van der Waals surface area contributed by atoms with Crippen molar-refractivity contribution in [2.24, 2.45) is 17.8 Å². The van der Waals surface area contributed by atoms with E-state index in [0.717, 1.165) is 42.3 Å². The third kappa shape index (κ3) is 2.85. The molecule has 1 amide bonds. The van der Waals surface area contributed by atoms with Gasteiger partial charge in [-0.2, -0.15) is 0 Å². The first-order valence-corrected chi connectivity index (χ1v) is 9.62. The van der Waals surface area contributed by atoms with Crippen LogP contribution in [-0.4, -0.2) is 17.0 Å². The van der Waals surface area contributed by atoms with Crippen LogP contribution in [0.1, 0.15) is 55.8 Å². The minimum atomic E-state index is 0.0995. The van der Waals surface area contributed by atoms with Gasteiger partial charge in [-0.05, 0) is 49.5 Å². The van der Waals surface area contributed by atoms with Crippen molar-refractivity contribution >= 4 is 16.8 Å². The van der Waals surface area contributed by atoms with Crippen molar-refractivity contribution in [2.45, 2.75) is 52.0 Å². The third-order valence-electron chi connectivity index (χ3n) is 6.22. The number of para-hydroxylation sites is 1. The lowest BCUT2D eigenvalue weighted by Gasteiger charge is -2.42. The molecule has 1 unspecified atom stereocenters. The summed E-state index contributed by atoms with van der Waals surface area (Å²) >= 11 is 0. The number of carbonyl (C=O) groups excluding carboxylic acids is 1. The quantitative estimate of drug-likeness (QED) is 0.856. The summed E-state index contributed by atoms with van der Waals surface area (Å²) in [5.74, 6) is 2.56. The van der Waals surface area contributed by atoms with Crippen LogP contribution in [0.2, 0.25) is 0 Å². The fourth-order valence-corrected chi connectivity index (χ4v) is 4.94. The first-order valence-electron chi connectivity index (χ1n) is 9.62. The molecule has 3 aliphatic carbocycles. The second-order valence-electron chi connectivity index (χ2n) is 7.74. The molecule has 1 aromatic heterocycles. The molecule has 0 saturated heterocycles. The highest BCUT2D eigenvalue weighted by atomic mass is 16.1. The number of rotatable bonds is 5. The number of nitrogens with one attached hydrogen (secondary N) is 1. The van der Waals surface area contributed by atoms with Gasteiger partial charge in [0, 0.05) is 30.2 Å². The maximum Gasteiger partial charge on any atom is 0.253 e. The maximum atomic E-state index is 12.8. The molecule has 1 N–H and O–H groups in total. The summed E-state index contributed by atoms with van der Waals surface area (Å²) in [6.07, 6.45) is 10.0. The number of amides is 1. The molecule has 1 atom stereocenters. The Kier molecular flexibility index (Phi) is 4.34. The minimum absolute atomic E-state index is 0.0995. The van der Waals surface area contributed by atoms with Crippen LogP contribution >= 0.6 is 0 Å². The van der Waals surface area contributed by atoms with Crippen LogP contribution in [0.25, 0.3) is 10.9 Å². The molecular weight excluding hydrogens is 296 g/mol. The van der Waals surface area contributed by atoms with Gasteiger partial charge in [0.1, 0.15) is 0 Å². The summed E-state index contributed by atoms with van der Waals surface area (Å²) in [5, 5.41) is 4.33. The Hall–Kier alpha value is -1.77. The lowest BCUT2D eigenvalue weighted by molar-refractivity contribution is 0.0830. The van der Waals surface area contributed by atoms with Gasteiger partial charge in [0.2, 0.25) is 0 Å². The van der Waals surface area contributed by atoms with Crippen molar-refractivity contribution in [3.05, 3.63) is 36.0 Å². The van der Waals surface area contributed by atoms with Crippen LogP contribution in [0.5, 0.6) is 0 Å². The van der Waals surface area contributed by atoms with Crippen molar-refractivity contribution < 1.29 is 4.79 Å². The van der Waals surface area contributed by atoms with E-state index in [9.17, 15) is 4.79 Å². The highest BCUT2D eigenvalue weighted by Crippen LogP contribution is 2.44. The number of benzene rings is 1. The molecule has 5 rings (SSSR count). The van der Waals surface area contributed by atoms with Crippen molar-refractivity contribution in [3.8, 4) is 0 Å². The molecule has 2 bridgehead atoms. The largest absolute Gasteiger partial charge is 0.352 e. The summed E-state index contributed by atoms with van der Waals surface area (Å²) in [7, 11) is 0. The highest BCUT2D eigenvalue weighted by molar-refractivity contribution is 6.07. The fraction of sp³-hybridized carbons (Fsp3) is 0.571.